The predicted molar refractivity (Wildman–Crippen MR) is 71.2 cm³/mol. The average molecular weight is 272 g/mol. The first-order valence-electron chi connectivity index (χ1n) is 6.44. The van der Waals surface area contributed by atoms with Crippen LogP contribution in [0.2, 0.25) is 5.02 Å². The molecule has 100 valence electrons. The molecule has 4 heteroatoms. The number of likely N-dealkylation sites (tertiary alicyclic amines) is 1. The van der Waals surface area contributed by atoms with Crippen LogP contribution in [0.3, 0.4) is 0 Å². The number of halogens is 2. The van der Waals surface area contributed by atoms with E-state index in [0.29, 0.717) is 10.6 Å². The number of rotatable bonds is 4. The summed E-state index contributed by atoms with van der Waals surface area (Å²) in [6.45, 7) is 3.86. The van der Waals surface area contributed by atoms with Crippen LogP contribution in [-0.4, -0.2) is 29.7 Å². The molecule has 0 aliphatic carbocycles. The summed E-state index contributed by atoms with van der Waals surface area (Å²) < 4.78 is 14.1. The SMILES string of the molecule is CC(CO)C(c1c(F)cccc1Cl)N1CCCC1. The zero-order valence-electron chi connectivity index (χ0n) is 10.6. The molecule has 1 aromatic carbocycles. The lowest BCUT2D eigenvalue weighted by Crippen LogP contribution is -2.32. The summed E-state index contributed by atoms with van der Waals surface area (Å²) in [5.41, 5.74) is 0.530. The van der Waals surface area contributed by atoms with Gasteiger partial charge in [0.05, 0.1) is 0 Å². The van der Waals surface area contributed by atoms with E-state index in [1.807, 2.05) is 6.92 Å². The van der Waals surface area contributed by atoms with Crippen LogP contribution >= 0.6 is 11.6 Å². The third kappa shape index (κ3) is 2.68. The van der Waals surface area contributed by atoms with Crippen molar-refractivity contribution in [2.45, 2.75) is 25.8 Å². The molecule has 1 aliphatic rings. The first-order chi connectivity index (χ1) is 8.65. The van der Waals surface area contributed by atoms with Crippen molar-refractivity contribution in [2.24, 2.45) is 5.92 Å². The summed E-state index contributed by atoms with van der Waals surface area (Å²) in [7, 11) is 0. The quantitative estimate of drug-likeness (QED) is 0.909. The maximum Gasteiger partial charge on any atom is 0.129 e. The first-order valence-corrected chi connectivity index (χ1v) is 6.81. The van der Waals surface area contributed by atoms with E-state index in [-0.39, 0.29) is 24.4 Å². The van der Waals surface area contributed by atoms with E-state index < -0.39 is 0 Å². The second-order valence-corrected chi connectivity index (χ2v) is 5.39. The monoisotopic (exact) mass is 271 g/mol. The largest absolute Gasteiger partial charge is 0.396 e. The molecule has 1 aliphatic heterocycles. The second-order valence-electron chi connectivity index (χ2n) is 4.98. The minimum atomic E-state index is -0.278. The van der Waals surface area contributed by atoms with Gasteiger partial charge in [-0.3, -0.25) is 4.90 Å². The van der Waals surface area contributed by atoms with Gasteiger partial charge in [0.25, 0.3) is 0 Å². The van der Waals surface area contributed by atoms with Crippen molar-refractivity contribution < 1.29 is 9.50 Å². The fourth-order valence-electron chi connectivity index (χ4n) is 2.74. The average Bonchev–Trinajstić information content (AvgIpc) is 2.86. The minimum Gasteiger partial charge on any atom is -0.396 e. The molecule has 18 heavy (non-hydrogen) atoms. The van der Waals surface area contributed by atoms with Gasteiger partial charge in [-0.2, -0.15) is 0 Å². The van der Waals surface area contributed by atoms with Crippen LogP contribution in [0.1, 0.15) is 31.4 Å². The standard InChI is InChI=1S/C14H19ClFNO/c1-10(9-18)14(17-7-2-3-8-17)13-11(15)5-4-6-12(13)16/h4-6,10,14,18H,2-3,7-9H2,1H3. The smallest absolute Gasteiger partial charge is 0.129 e. The molecule has 1 saturated heterocycles. The van der Waals surface area contributed by atoms with Gasteiger partial charge in [0.2, 0.25) is 0 Å². The molecule has 2 unspecified atom stereocenters. The van der Waals surface area contributed by atoms with Crippen LogP contribution in [0.5, 0.6) is 0 Å². The van der Waals surface area contributed by atoms with Crippen molar-refractivity contribution in [1.29, 1.82) is 0 Å². The van der Waals surface area contributed by atoms with Crippen LogP contribution in [0.25, 0.3) is 0 Å². The molecule has 2 atom stereocenters. The maximum absolute atomic E-state index is 14.1. The Morgan fingerprint density at radius 1 is 1.39 bits per heavy atom. The lowest BCUT2D eigenvalue weighted by molar-refractivity contribution is 0.123. The van der Waals surface area contributed by atoms with Gasteiger partial charge in [-0.15, -0.1) is 0 Å². The molecule has 0 bridgehead atoms. The number of hydrogen-bond donors (Lipinski definition) is 1. The molecule has 0 amide bonds. The summed E-state index contributed by atoms with van der Waals surface area (Å²) in [6.07, 6.45) is 2.25. The Morgan fingerprint density at radius 3 is 2.61 bits per heavy atom. The molecule has 0 spiro atoms. The lowest BCUT2D eigenvalue weighted by Gasteiger charge is -2.33. The summed E-state index contributed by atoms with van der Waals surface area (Å²) in [5.74, 6) is -0.308. The van der Waals surface area contributed by atoms with Gasteiger partial charge in [0.15, 0.2) is 0 Å². The van der Waals surface area contributed by atoms with Gasteiger partial charge in [0, 0.05) is 23.2 Å². The van der Waals surface area contributed by atoms with Crippen LogP contribution in [0.4, 0.5) is 4.39 Å². The van der Waals surface area contributed by atoms with Gasteiger partial charge in [0.1, 0.15) is 5.82 Å². The van der Waals surface area contributed by atoms with Crippen molar-refractivity contribution in [3.63, 3.8) is 0 Å². The number of aliphatic hydroxyl groups excluding tert-OH is 1. The number of aliphatic hydroxyl groups is 1. The van der Waals surface area contributed by atoms with E-state index in [1.54, 1.807) is 12.1 Å². The normalized spacial score (nSPS) is 20.0. The van der Waals surface area contributed by atoms with E-state index in [0.717, 1.165) is 25.9 Å². The van der Waals surface area contributed by atoms with E-state index >= 15 is 0 Å². The van der Waals surface area contributed by atoms with Crippen LogP contribution in [0.15, 0.2) is 18.2 Å². The van der Waals surface area contributed by atoms with Crippen molar-refractivity contribution in [3.8, 4) is 0 Å². The molecule has 1 N–H and O–H groups in total. The fraction of sp³-hybridized carbons (Fsp3) is 0.571. The zero-order valence-corrected chi connectivity index (χ0v) is 11.3. The van der Waals surface area contributed by atoms with Crippen molar-refractivity contribution in [3.05, 3.63) is 34.6 Å². The summed E-state index contributed by atoms with van der Waals surface area (Å²) >= 11 is 6.16. The maximum atomic E-state index is 14.1. The van der Waals surface area contributed by atoms with Crippen molar-refractivity contribution in [2.75, 3.05) is 19.7 Å². The molecular weight excluding hydrogens is 253 g/mol. The van der Waals surface area contributed by atoms with E-state index in [9.17, 15) is 9.50 Å². The predicted octanol–water partition coefficient (Wildman–Crippen LogP) is 3.24. The Morgan fingerprint density at radius 2 is 2.06 bits per heavy atom. The molecule has 0 aromatic heterocycles. The third-order valence-electron chi connectivity index (χ3n) is 3.66. The molecule has 2 nitrogen and oxygen atoms in total. The molecule has 2 rings (SSSR count). The second kappa shape index (κ2) is 6.00. The Kier molecular flexibility index (Phi) is 4.60. The van der Waals surface area contributed by atoms with Gasteiger partial charge >= 0.3 is 0 Å². The number of nitrogens with zero attached hydrogens (tertiary/aromatic N) is 1. The van der Waals surface area contributed by atoms with Crippen molar-refractivity contribution >= 4 is 11.6 Å². The minimum absolute atomic E-state index is 0.0301. The van der Waals surface area contributed by atoms with Crippen LogP contribution in [-0.2, 0) is 0 Å². The molecule has 1 heterocycles. The molecule has 0 radical (unpaired) electrons. The molecular formula is C14H19ClFNO. The van der Waals surface area contributed by atoms with Crippen molar-refractivity contribution in [1.82, 2.24) is 4.90 Å². The summed E-state index contributed by atoms with van der Waals surface area (Å²) in [6, 6.07) is 4.64. The summed E-state index contributed by atoms with van der Waals surface area (Å²) in [4.78, 5) is 2.23. The Hall–Kier alpha value is -0.640. The van der Waals surface area contributed by atoms with Gasteiger partial charge in [-0.05, 0) is 44.0 Å². The van der Waals surface area contributed by atoms with Crippen LogP contribution < -0.4 is 0 Å². The van der Waals surface area contributed by atoms with Gasteiger partial charge in [-0.25, -0.2) is 4.39 Å². The topological polar surface area (TPSA) is 23.5 Å². The van der Waals surface area contributed by atoms with E-state index in [1.165, 1.54) is 6.07 Å². The first kappa shape index (κ1) is 13.8. The Bertz CT molecular complexity index is 387. The third-order valence-corrected chi connectivity index (χ3v) is 3.99. The number of hydrogen-bond acceptors (Lipinski definition) is 2. The van der Waals surface area contributed by atoms with E-state index in [4.69, 9.17) is 11.6 Å². The highest BCUT2D eigenvalue weighted by Gasteiger charge is 2.31. The Balaban J connectivity index is 2.38. The summed E-state index contributed by atoms with van der Waals surface area (Å²) in [5, 5.41) is 9.87. The highest BCUT2D eigenvalue weighted by molar-refractivity contribution is 6.31. The van der Waals surface area contributed by atoms with Gasteiger partial charge in [-0.1, -0.05) is 24.6 Å². The lowest BCUT2D eigenvalue weighted by atomic mass is 9.93. The fourth-order valence-corrected chi connectivity index (χ4v) is 3.01. The molecule has 0 saturated carbocycles. The molecule has 1 aromatic rings. The Labute approximate surface area is 112 Å². The number of benzene rings is 1. The zero-order chi connectivity index (χ0) is 13.1. The van der Waals surface area contributed by atoms with E-state index in [2.05, 4.69) is 4.90 Å². The van der Waals surface area contributed by atoms with Crippen LogP contribution in [0, 0.1) is 11.7 Å². The van der Waals surface area contributed by atoms with Gasteiger partial charge < -0.3 is 5.11 Å². The highest BCUT2D eigenvalue weighted by atomic mass is 35.5. The highest BCUT2D eigenvalue weighted by Crippen LogP contribution is 2.36. The molecule has 1 fully saturated rings.